The Morgan fingerprint density at radius 2 is 1.82 bits per heavy atom. The minimum atomic E-state index is -3.65. The van der Waals surface area contributed by atoms with Crippen LogP contribution in [0.25, 0.3) is 11.4 Å². The number of aromatic nitrogens is 2. The number of hydrogen-bond donors (Lipinski definition) is 0. The molecule has 3 heterocycles. The van der Waals surface area contributed by atoms with Gasteiger partial charge in [-0.15, -0.1) is 0 Å². The summed E-state index contributed by atoms with van der Waals surface area (Å²) in [6, 6.07) is 4.97. The third-order valence-electron chi connectivity index (χ3n) is 5.04. The molecule has 9 nitrogen and oxygen atoms in total. The van der Waals surface area contributed by atoms with Gasteiger partial charge in [0.05, 0.1) is 18.1 Å². The number of nitrogens with zero attached hydrogens (tertiary/aromatic N) is 4. The number of benzene rings is 1. The Hall–Kier alpha value is -2.30. The molecule has 0 unspecified atom stereocenters. The average molecular weight is 406 g/mol. The van der Waals surface area contributed by atoms with Crippen LogP contribution in [0.15, 0.2) is 27.6 Å². The van der Waals surface area contributed by atoms with Gasteiger partial charge in [-0.1, -0.05) is 17.3 Å². The molecular formula is C18H22N4O5S. The van der Waals surface area contributed by atoms with Crippen LogP contribution >= 0.6 is 0 Å². The third kappa shape index (κ3) is 3.54. The largest absolute Gasteiger partial charge is 0.379 e. The van der Waals surface area contributed by atoms with E-state index in [2.05, 4.69) is 10.1 Å². The molecule has 2 aliphatic heterocycles. The summed E-state index contributed by atoms with van der Waals surface area (Å²) in [7, 11) is -3.65. The van der Waals surface area contributed by atoms with Gasteiger partial charge in [0.1, 0.15) is 0 Å². The van der Waals surface area contributed by atoms with E-state index in [1.807, 2.05) is 0 Å². The first kappa shape index (κ1) is 19.0. The van der Waals surface area contributed by atoms with E-state index in [-0.39, 0.29) is 22.5 Å². The summed E-state index contributed by atoms with van der Waals surface area (Å²) in [6.07, 6.45) is 1.93. The molecule has 2 aliphatic rings. The summed E-state index contributed by atoms with van der Waals surface area (Å²) in [5.41, 5.74) is 1.12. The van der Waals surface area contributed by atoms with Crippen molar-refractivity contribution in [2.75, 3.05) is 39.4 Å². The molecule has 0 radical (unpaired) electrons. The summed E-state index contributed by atoms with van der Waals surface area (Å²) in [5.74, 6) is -0.166. The number of morpholine rings is 1. The predicted octanol–water partition coefficient (Wildman–Crippen LogP) is 1.30. The zero-order valence-corrected chi connectivity index (χ0v) is 16.4. The Balaban J connectivity index is 1.63. The van der Waals surface area contributed by atoms with E-state index in [1.54, 1.807) is 24.0 Å². The molecule has 2 aromatic rings. The minimum Gasteiger partial charge on any atom is -0.379 e. The molecule has 1 aromatic carbocycles. The molecule has 0 atom stereocenters. The van der Waals surface area contributed by atoms with E-state index < -0.39 is 10.0 Å². The van der Waals surface area contributed by atoms with Crippen LogP contribution in [0, 0.1) is 6.92 Å². The predicted molar refractivity (Wildman–Crippen MR) is 99.2 cm³/mol. The normalized spacial score (nSPS) is 18.5. The smallest absolute Gasteiger partial charge is 0.316 e. The van der Waals surface area contributed by atoms with Gasteiger partial charge >= 0.3 is 11.8 Å². The maximum Gasteiger partial charge on any atom is 0.316 e. The molecule has 0 saturated carbocycles. The summed E-state index contributed by atoms with van der Waals surface area (Å²) < 4.78 is 37.9. The molecule has 0 spiro atoms. The molecular weight excluding hydrogens is 384 g/mol. The fourth-order valence-corrected chi connectivity index (χ4v) is 5.08. The molecule has 4 rings (SSSR count). The molecule has 2 fully saturated rings. The first-order valence-corrected chi connectivity index (χ1v) is 10.7. The summed E-state index contributed by atoms with van der Waals surface area (Å²) >= 11 is 0. The van der Waals surface area contributed by atoms with Crippen LogP contribution in [0.5, 0.6) is 0 Å². The van der Waals surface area contributed by atoms with Crippen molar-refractivity contribution in [3.8, 4) is 11.4 Å². The molecule has 2 saturated heterocycles. The topological polar surface area (TPSA) is 106 Å². The minimum absolute atomic E-state index is 0.0740. The highest BCUT2D eigenvalue weighted by molar-refractivity contribution is 7.89. The van der Waals surface area contributed by atoms with Crippen LogP contribution in [-0.4, -0.2) is 73.1 Å². The molecule has 1 aromatic heterocycles. The van der Waals surface area contributed by atoms with Gasteiger partial charge in [0, 0.05) is 31.7 Å². The van der Waals surface area contributed by atoms with Gasteiger partial charge in [0.2, 0.25) is 15.8 Å². The molecule has 0 N–H and O–H groups in total. The number of sulfonamides is 1. The van der Waals surface area contributed by atoms with E-state index in [0.717, 1.165) is 12.8 Å². The van der Waals surface area contributed by atoms with Gasteiger partial charge in [-0.3, -0.25) is 4.79 Å². The van der Waals surface area contributed by atoms with Gasteiger partial charge < -0.3 is 14.2 Å². The number of carbonyl (C=O) groups is 1. The standard InChI is InChI=1S/C18H22N4O5S/c1-13-4-5-14(12-15(13)28(24,25)22-8-10-26-11-9-22)16-19-17(27-20-16)18(23)21-6-2-3-7-21/h4-5,12H,2-3,6-11H2,1H3. The Morgan fingerprint density at radius 3 is 2.54 bits per heavy atom. The molecule has 28 heavy (non-hydrogen) atoms. The van der Waals surface area contributed by atoms with Crippen molar-refractivity contribution in [2.45, 2.75) is 24.7 Å². The molecule has 1 amide bonds. The first-order chi connectivity index (χ1) is 13.5. The van der Waals surface area contributed by atoms with Crippen molar-refractivity contribution < 1.29 is 22.5 Å². The fraction of sp³-hybridized carbons (Fsp3) is 0.500. The Bertz CT molecular complexity index is 976. The lowest BCUT2D eigenvalue weighted by Crippen LogP contribution is -2.40. The lowest BCUT2D eigenvalue weighted by Gasteiger charge is -2.26. The maximum absolute atomic E-state index is 13.0. The zero-order valence-electron chi connectivity index (χ0n) is 15.6. The third-order valence-corrected chi connectivity index (χ3v) is 7.08. The van der Waals surface area contributed by atoms with Gasteiger partial charge in [-0.2, -0.15) is 9.29 Å². The number of likely N-dealkylation sites (tertiary alicyclic amines) is 1. The molecule has 10 heteroatoms. The second-order valence-corrected chi connectivity index (χ2v) is 8.83. The highest BCUT2D eigenvalue weighted by atomic mass is 32.2. The number of rotatable bonds is 4. The number of carbonyl (C=O) groups excluding carboxylic acids is 1. The second kappa shape index (κ2) is 7.61. The number of ether oxygens (including phenoxy) is 1. The van der Waals surface area contributed by atoms with Crippen LogP contribution in [-0.2, 0) is 14.8 Å². The van der Waals surface area contributed by atoms with Gasteiger partial charge in [-0.25, -0.2) is 8.42 Å². The van der Waals surface area contributed by atoms with E-state index in [1.165, 1.54) is 10.4 Å². The average Bonchev–Trinajstić information content (AvgIpc) is 3.41. The second-order valence-electron chi connectivity index (χ2n) is 6.92. The SMILES string of the molecule is Cc1ccc(-c2noc(C(=O)N3CCCC3)n2)cc1S(=O)(=O)N1CCOCC1. The van der Waals surface area contributed by atoms with Crippen LogP contribution in [0.2, 0.25) is 0 Å². The van der Waals surface area contributed by atoms with Gasteiger partial charge in [-0.05, 0) is 31.4 Å². The Morgan fingerprint density at radius 1 is 1.11 bits per heavy atom. The Labute approximate surface area is 163 Å². The van der Waals surface area contributed by atoms with Gasteiger partial charge in [0.15, 0.2) is 0 Å². The van der Waals surface area contributed by atoms with Crippen molar-refractivity contribution in [3.63, 3.8) is 0 Å². The van der Waals surface area contributed by atoms with E-state index in [0.29, 0.717) is 50.5 Å². The van der Waals surface area contributed by atoms with Crippen molar-refractivity contribution in [2.24, 2.45) is 0 Å². The lowest BCUT2D eigenvalue weighted by molar-refractivity contribution is 0.0730. The van der Waals surface area contributed by atoms with Crippen molar-refractivity contribution in [3.05, 3.63) is 29.7 Å². The number of amides is 1. The van der Waals surface area contributed by atoms with Crippen LogP contribution in [0.4, 0.5) is 0 Å². The summed E-state index contributed by atoms with van der Waals surface area (Å²) in [5, 5.41) is 3.88. The molecule has 0 bridgehead atoms. The zero-order chi connectivity index (χ0) is 19.7. The summed E-state index contributed by atoms with van der Waals surface area (Å²) in [4.78, 5) is 18.5. The number of aryl methyl sites for hydroxylation is 1. The highest BCUT2D eigenvalue weighted by Gasteiger charge is 2.29. The first-order valence-electron chi connectivity index (χ1n) is 9.29. The quantitative estimate of drug-likeness (QED) is 0.753. The lowest BCUT2D eigenvalue weighted by atomic mass is 10.1. The van der Waals surface area contributed by atoms with Gasteiger partial charge in [0.25, 0.3) is 0 Å². The molecule has 150 valence electrons. The van der Waals surface area contributed by atoms with E-state index in [4.69, 9.17) is 9.26 Å². The highest BCUT2D eigenvalue weighted by Crippen LogP contribution is 2.26. The fourth-order valence-electron chi connectivity index (χ4n) is 3.43. The monoisotopic (exact) mass is 406 g/mol. The van der Waals surface area contributed by atoms with Crippen molar-refractivity contribution >= 4 is 15.9 Å². The summed E-state index contributed by atoms with van der Waals surface area (Å²) in [6.45, 7) is 4.52. The Kier molecular flexibility index (Phi) is 5.17. The van der Waals surface area contributed by atoms with Crippen LogP contribution in [0.1, 0.15) is 29.1 Å². The number of hydrogen-bond acceptors (Lipinski definition) is 7. The molecule has 0 aliphatic carbocycles. The van der Waals surface area contributed by atoms with Crippen LogP contribution in [0.3, 0.4) is 0 Å². The van der Waals surface area contributed by atoms with Crippen LogP contribution < -0.4 is 0 Å². The van der Waals surface area contributed by atoms with Crippen molar-refractivity contribution in [1.29, 1.82) is 0 Å². The van der Waals surface area contributed by atoms with E-state index in [9.17, 15) is 13.2 Å². The van der Waals surface area contributed by atoms with Crippen molar-refractivity contribution in [1.82, 2.24) is 19.3 Å². The maximum atomic E-state index is 13.0. The van der Waals surface area contributed by atoms with E-state index >= 15 is 0 Å².